The fourth-order valence-electron chi connectivity index (χ4n) is 1.23. The lowest BCUT2D eigenvalue weighted by Crippen LogP contribution is -2.00. The zero-order valence-corrected chi connectivity index (χ0v) is 9.68. The van der Waals surface area contributed by atoms with E-state index >= 15 is 0 Å². The van der Waals surface area contributed by atoms with Gasteiger partial charge in [0.1, 0.15) is 5.69 Å². The summed E-state index contributed by atoms with van der Waals surface area (Å²) in [6.07, 6.45) is 7.93. The lowest BCUT2D eigenvalue weighted by atomic mass is 10.1. The van der Waals surface area contributed by atoms with Gasteiger partial charge in [0.25, 0.3) is 0 Å². The molecule has 0 unspecified atom stereocenters. The molecule has 1 saturated carbocycles. The highest BCUT2D eigenvalue weighted by Crippen LogP contribution is 2.39. The number of aromatic carboxylic acids is 1. The summed E-state index contributed by atoms with van der Waals surface area (Å²) >= 11 is 0. The summed E-state index contributed by atoms with van der Waals surface area (Å²) in [7, 11) is 0. The second kappa shape index (κ2) is 7.60. The van der Waals surface area contributed by atoms with E-state index in [1.165, 1.54) is 12.8 Å². The monoisotopic (exact) mass is 235 g/mol. The maximum absolute atomic E-state index is 10.5. The van der Waals surface area contributed by atoms with Crippen LogP contribution in [0.15, 0.2) is 30.5 Å². The highest BCUT2D eigenvalue weighted by atomic mass is 16.4. The van der Waals surface area contributed by atoms with Crippen LogP contribution in [0, 0.1) is 0 Å². The minimum absolute atomic E-state index is 0. The van der Waals surface area contributed by atoms with Crippen molar-refractivity contribution in [3.8, 4) is 0 Å². The molecule has 0 atom stereocenters. The van der Waals surface area contributed by atoms with Crippen molar-refractivity contribution in [1.29, 1.82) is 0 Å². The molecule has 1 heterocycles. The maximum atomic E-state index is 10.5. The van der Waals surface area contributed by atoms with Crippen LogP contribution in [0.25, 0.3) is 0 Å². The molecule has 1 aliphatic rings. The Balaban J connectivity index is 0.000000453. The molecule has 1 aromatic rings. The van der Waals surface area contributed by atoms with Crippen LogP contribution in [0.1, 0.15) is 56.1 Å². The summed E-state index contributed by atoms with van der Waals surface area (Å²) in [5.74, 6) is -0.358. The number of allylic oxidation sites excluding steroid dienone is 2. The van der Waals surface area contributed by atoms with Crippen LogP contribution in [0.3, 0.4) is 0 Å². The average molecular weight is 235 g/mol. The summed E-state index contributed by atoms with van der Waals surface area (Å²) in [6.45, 7) is 4.00. The summed E-state index contributed by atoms with van der Waals surface area (Å²) in [5.41, 5.74) is 1.27. The van der Waals surface area contributed by atoms with E-state index in [0.717, 1.165) is 5.56 Å². The molecule has 1 N–H and O–H groups in total. The molecule has 0 bridgehead atoms. The molecule has 3 heteroatoms. The molecule has 0 aliphatic heterocycles. The Labute approximate surface area is 103 Å². The SMILES string of the molecule is C.C/C=C/C.O=C(O)c1cc(C2CC2)ccn1. The van der Waals surface area contributed by atoms with Gasteiger partial charge >= 0.3 is 5.97 Å². The number of pyridine rings is 1. The molecule has 0 radical (unpaired) electrons. The maximum Gasteiger partial charge on any atom is 0.354 e. The van der Waals surface area contributed by atoms with E-state index in [1.54, 1.807) is 12.3 Å². The molecule has 17 heavy (non-hydrogen) atoms. The van der Waals surface area contributed by atoms with Gasteiger partial charge in [0.15, 0.2) is 0 Å². The minimum atomic E-state index is -0.947. The molecule has 0 spiro atoms. The molecule has 0 saturated heterocycles. The lowest BCUT2D eigenvalue weighted by Gasteiger charge is -1.97. The van der Waals surface area contributed by atoms with Crippen LogP contribution in [0.5, 0.6) is 0 Å². The summed E-state index contributed by atoms with van der Waals surface area (Å²) in [4.78, 5) is 14.3. The quantitative estimate of drug-likeness (QED) is 0.791. The van der Waals surface area contributed by atoms with E-state index < -0.39 is 5.97 Å². The van der Waals surface area contributed by atoms with Crippen molar-refractivity contribution >= 4 is 5.97 Å². The molecule has 94 valence electrons. The van der Waals surface area contributed by atoms with Crippen LogP contribution in [-0.2, 0) is 0 Å². The van der Waals surface area contributed by atoms with Gasteiger partial charge in [-0.3, -0.25) is 0 Å². The molecule has 1 aliphatic carbocycles. The Bertz CT molecular complexity index is 378. The topological polar surface area (TPSA) is 50.2 Å². The van der Waals surface area contributed by atoms with Gasteiger partial charge in [-0.2, -0.15) is 0 Å². The van der Waals surface area contributed by atoms with Crippen molar-refractivity contribution < 1.29 is 9.90 Å². The summed E-state index contributed by atoms with van der Waals surface area (Å²) < 4.78 is 0. The number of carbonyl (C=O) groups is 1. The zero-order valence-electron chi connectivity index (χ0n) is 9.68. The van der Waals surface area contributed by atoms with E-state index in [-0.39, 0.29) is 13.1 Å². The third-order valence-electron chi connectivity index (χ3n) is 2.39. The van der Waals surface area contributed by atoms with Gasteiger partial charge < -0.3 is 5.11 Å². The number of rotatable bonds is 2. The molecule has 1 aromatic heterocycles. The number of carboxylic acids is 1. The first-order valence-electron chi connectivity index (χ1n) is 5.45. The molecule has 0 aromatic carbocycles. The third kappa shape index (κ3) is 5.29. The number of hydrogen-bond acceptors (Lipinski definition) is 2. The van der Waals surface area contributed by atoms with Gasteiger partial charge in [-0.1, -0.05) is 19.6 Å². The zero-order chi connectivity index (χ0) is 12.0. The first kappa shape index (κ1) is 15.4. The summed E-state index contributed by atoms with van der Waals surface area (Å²) in [6, 6.07) is 3.56. The molecule has 2 rings (SSSR count). The van der Waals surface area contributed by atoms with Crippen molar-refractivity contribution in [2.24, 2.45) is 0 Å². The van der Waals surface area contributed by atoms with E-state index in [9.17, 15) is 4.79 Å². The van der Waals surface area contributed by atoms with Gasteiger partial charge in [0, 0.05) is 6.20 Å². The van der Waals surface area contributed by atoms with Crippen LogP contribution in [-0.4, -0.2) is 16.1 Å². The first-order chi connectivity index (χ1) is 7.69. The average Bonchev–Trinajstić information content (AvgIpc) is 3.13. The van der Waals surface area contributed by atoms with Crippen molar-refractivity contribution in [3.05, 3.63) is 41.7 Å². The van der Waals surface area contributed by atoms with Gasteiger partial charge in [-0.15, -0.1) is 0 Å². The van der Waals surface area contributed by atoms with Crippen LogP contribution >= 0.6 is 0 Å². The van der Waals surface area contributed by atoms with E-state index in [2.05, 4.69) is 4.98 Å². The van der Waals surface area contributed by atoms with Crippen LogP contribution < -0.4 is 0 Å². The van der Waals surface area contributed by atoms with Crippen LogP contribution in [0.4, 0.5) is 0 Å². The van der Waals surface area contributed by atoms with E-state index in [1.807, 2.05) is 32.1 Å². The van der Waals surface area contributed by atoms with E-state index in [0.29, 0.717) is 5.92 Å². The molecule has 1 fully saturated rings. The molecular formula is C14H21NO2. The Morgan fingerprint density at radius 1 is 1.41 bits per heavy atom. The van der Waals surface area contributed by atoms with Crippen molar-refractivity contribution in [1.82, 2.24) is 4.98 Å². The Kier molecular flexibility index (Phi) is 6.87. The fourth-order valence-corrected chi connectivity index (χ4v) is 1.23. The van der Waals surface area contributed by atoms with Crippen molar-refractivity contribution in [3.63, 3.8) is 0 Å². The van der Waals surface area contributed by atoms with Crippen molar-refractivity contribution in [2.45, 2.75) is 40.0 Å². The molecule has 3 nitrogen and oxygen atoms in total. The fraction of sp³-hybridized carbons (Fsp3) is 0.429. The normalized spacial score (nSPS) is 13.5. The van der Waals surface area contributed by atoms with Crippen molar-refractivity contribution in [2.75, 3.05) is 0 Å². The first-order valence-corrected chi connectivity index (χ1v) is 5.45. The van der Waals surface area contributed by atoms with Gasteiger partial charge in [0.2, 0.25) is 0 Å². The number of carboxylic acid groups (broad SMARTS) is 1. The Hall–Kier alpha value is -1.64. The third-order valence-corrected chi connectivity index (χ3v) is 2.39. The molecule has 0 amide bonds. The Morgan fingerprint density at radius 3 is 2.41 bits per heavy atom. The number of aromatic nitrogens is 1. The van der Waals surface area contributed by atoms with Crippen LogP contribution in [0.2, 0.25) is 0 Å². The predicted octanol–water partition coefficient (Wildman–Crippen LogP) is 3.88. The Morgan fingerprint density at radius 2 is 2.00 bits per heavy atom. The predicted molar refractivity (Wildman–Crippen MR) is 70.4 cm³/mol. The van der Waals surface area contributed by atoms with E-state index in [4.69, 9.17) is 5.11 Å². The minimum Gasteiger partial charge on any atom is -0.477 e. The molecular weight excluding hydrogens is 214 g/mol. The lowest BCUT2D eigenvalue weighted by molar-refractivity contribution is 0.0690. The second-order valence-corrected chi connectivity index (χ2v) is 3.72. The van der Waals surface area contributed by atoms with Gasteiger partial charge in [-0.25, -0.2) is 9.78 Å². The highest BCUT2D eigenvalue weighted by Gasteiger charge is 2.24. The smallest absolute Gasteiger partial charge is 0.354 e. The largest absolute Gasteiger partial charge is 0.477 e. The highest BCUT2D eigenvalue weighted by molar-refractivity contribution is 5.85. The van der Waals surface area contributed by atoms with Gasteiger partial charge in [0.05, 0.1) is 0 Å². The standard InChI is InChI=1S/C9H9NO2.C4H8.CH4/c11-9(12)8-5-7(3-4-10-8)6-1-2-6;1-3-4-2;/h3-6H,1-2H2,(H,11,12);3-4H,1-2H3;1H4/b;4-3+;. The second-order valence-electron chi connectivity index (χ2n) is 3.72. The summed E-state index contributed by atoms with van der Waals surface area (Å²) in [5, 5.41) is 8.65. The number of nitrogens with zero attached hydrogens (tertiary/aromatic N) is 1. The van der Waals surface area contributed by atoms with Gasteiger partial charge in [-0.05, 0) is 50.3 Å². The number of hydrogen-bond donors (Lipinski definition) is 1.